The Morgan fingerprint density at radius 1 is 1.42 bits per heavy atom. The van der Waals surface area contributed by atoms with E-state index in [0.29, 0.717) is 12.5 Å². The van der Waals surface area contributed by atoms with E-state index in [-0.39, 0.29) is 17.9 Å². The summed E-state index contributed by atoms with van der Waals surface area (Å²) < 4.78 is 26.6. The molecule has 0 aliphatic carbocycles. The monoisotopic (exact) mass is 331 g/mol. The van der Waals surface area contributed by atoms with E-state index in [0.717, 1.165) is 30.8 Å². The van der Waals surface area contributed by atoms with E-state index < -0.39 is 11.6 Å². The topological polar surface area (TPSA) is 20.3 Å². The van der Waals surface area contributed by atoms with Crippen LogP contribution in [0.3, 0.4) is 0 Å². The Labute approximate surface area is 119 Å². The summed E-state index contributed by atoms with van der Waals surface area (Å²) in [7, 11) is 0. The standard InChI is InChI=1S/C14H16BrF2NO/c15-6-4-10-5-7-18(9-10)13(19)8-11-2-1-3-12(16)14(11)17/h1-3,10H,4-9H2. The fraction of sp³-hybridized carbons (Fsp3) is 0.500. The third-order valence-corrected chi connectivity index (χ3v) is 3.99. The SMILES string of the molecule is O=C(Cc1cccc(F)c1F)N1CCC(CCBr)C1. The van der Waals surface area contributed by atoms with Gasteiger partial charge in [-0.3, -0.25) is 4.79 Å². The van der Waals surface area contributed by atoms with Crippen LogP contribution in [0.15, 0.2) is 18.2 Å². The Morgan fingerprint density at radius 2 is 2.21 bits per heavy atom. The lowest BCUT2D eigenvalue weighted by molar-refractivity contribution is -0.129. The molecule has 1 amide bonds. The summed E-state index contributed by atoms with van der Waals surface area (Å²) in [6.45, 7) is 1.44. The molecule has 1 fully saturated rings. The molecular formula is C14H16BrF2NO. The molecule has 5 heteroatoms. The van der Waals surface area contributed by atoms with Gasteiger partial charge in [-0.2, -0.15) is 0 Å². The number of halogens is 3. The molecular weight excluding hydrogens is 316 g/mol. The number of alkyl halides is 1. The first kappa shape index (κ1) is 14.4. The molecule has 1 unspecified atom stereocenters. The van der Waals surface area contributed by atoms with Crippen LogP contribution in [0.1, 0.15) is 18.4 Å². The van der Waals surface area contributed by atoms with Crippen molar-refractivity contribution in [2.75, 3.05) is 18.4 Å². The minimum atomic E-state index is -0.910. The lowest BCUT2D eigenvalue weighted by Crippen LogP contribution is -2.30. The van der Waals surface area contributed by atoms with Crippen molar-refractivity contribution in [2.24, 2.45) is 5.92 Å². The fourth-order valence-corrected chi connectivity index (χ4v) is 3.06. The minimum absolute atomic E-state index is 0.0649. The molecule has 1 saturated heterocycles. The Kier molecular flexibility index (Phi) is 4.91. The first-order valence-corrected chi connectivity index (χ1v) is 7.50. The van der Waals surface area contributed by atoms with Crippen LogP contribution in [-0.4, -0.2) is 29.2 Å². The van der Waals surface area contributed by atoms with Crippen molar-refractivity contribution in [3.63, 3.8) is 0 Å². The predicted octanol–water partition coefficient (Wildman–Crippen LogP) is 3.14. The molecule has 1 aromatic carbocycles. The Bertz CT molecular complexity index is 467. The lowest BCUT2D eigenvalue weighted by atomic mass is 10.1. The summed E-state index contributed by atoms with van der Waals surface area (Å²) in [6.07, 6.45) is 1.96. The summed E-state index contributed by atoms with van der Waals surface area (Å²) in [5, 5.41) is 0.929. The average Bonchev–Trinajstić information content (AvgIpc) is 2.84. The summed E-state index contributed by atoms with van der Waals surface area (Å²) in [4.78, 5) is 13.8. The number of carbonyl (C=O) groups is 1. The van der Waals surface area contributed by atoms with Crippen LogP contribution in [0.5, 0.6) is 0 Å². The van der Waals surface area contributed by atoms with Crippen LogP contribution in [0.4, 0.5) is 8.78 Å². The number of nitrogens with zero attached hydrogens (tertiary/aromatic N) is 1. The van der Waals surface area contributed by atoms with Gasteiger partial charge in [0, 0.05) is 24.0 Å². The van der Waals surface area contributed by atoms with Gasteiger partial charge in [-0.1, -0.05) is 28.1 Å². The Balaban J connectivity index is 1.96. The molecule has 0 spiro atoms. The van der Waals surface area contributed by atoms with Gasteiger partial charge in [-0.15, -0.1) is 0 Å². The van der Waals surface area contributed by atoms with Crippen molar-refractivity contribution < 1.29 is 13.6 Å². The van der Waals surface area contributed by atoms with Crippen LogP contribution in [-0.2, 0) is 11.2 Å². The molecule has 0 bridgehead atoms. The summed E-state index contributed by atoms with van der Waals surface area (Å²) in [5.74, 6) is -1.42. The van der Waals surface area contributed by atoms with Crippen LogP contribution in [0.2, 0.25) is 0 Å². The van der Waals surface area contributed by atoms with Gasteiger partial charge in [0.05, 0.1) is 6.42 Å². The van der Waals surface area contributed by atoms with Crippen LogP contribution in [0, 0.1) is 17.6 Å². The second-order valence-corrected chi connectivity index (χ2v) is 5.65. The molecule has 2 nitrogen and oxygen atoms in total. The van der Waals surface area contributed by atoms with Gasteiger partial charge in [0.1, 0.15) is 0 Å². The Hall–Kier alpha value is -0.970. The van der Waals surface area contributed by atoms with Crippen LogP contribution < -0.4 is 0 Å². The third kappa shape index (κ3) is 3.53. The quantitative estimate of drug-likeness (QED) is 0.776. The zero-order valence-electron chi connectivity index (χ0n) is 10.5. The van der Waals surface area contributed by atoms with E-state index in [1.54, 1.807) is 4.90 Å². The average molecular weight is 332 g/mol. The van der Waals surface area contributed by atoms with E-state index in [1.165, 1.54) is 12.1 Å². The number of rotatable bonds is 4. The molecule has 1 aliphatic rings. The lowest BCUT2D eigenvalue weighted by Gasteiger charge is -2.16. The number of carbonyl (C=O) groups excluding carboxylic acids is 1. The summed E-state index contributed by atoms with van der Waals surface area (Å²) >= 11 is 3.39. The molecule has 104 valence electrons. The normalized spacial score (nSPS) is 18.9. The molecule has 19 heavy (non-hydrogen) atoms. The van der Waals surface area contributed by atoms with Crippen molar-refractivity contribution in [1.29, 1.82) is 0 Å². The van der Waals surface area contributed by atoms with E-state index in [9.17, 15) is 13.6 Å². The zero-order chi connectivity index (χ0) is 13.8. The van der Waals surface area contributed by atoms with Gasteiger partial charge < -0.3 is 4.90 Å². The smallest absolute Gasteiger partial charge is 0.227 e. The number of amides is 1. The van der Waals surface area contributed by atoms with Gasteiger partial charge in [-0.25, -0.2) is 8.78 Å². The first-order valence-electron chi connectivity index (χ1n) is 6.38. The van der Waals surface area contributed by atoms with E-state index in [1.807, 2.05) is 0 Å². The number of benzene rings is 1. The second kappa shape index (κ2) is 6.46. The third-order valence-electron chi connectivity index (χ3n) is 3.53. The molecule has 1 aromatic rings. The van der Waals surface area contributed by atoms with Crippen molar-refractivity contribution in [3.05, 3.63) is 35.4 Å². The van der Waals surface area contributed by atoms with Crippen LogP contribution in [0.25, 0.3) is 0 Å². The molecule has 0 saturated carbocycles. The van der Waals surface area contributed by atoms with Crippen molar-refractivity contribution in [1.82, 2.24) is 4.90 Å². The minimum Gasteiger partial charge on any atom is -0.342 e. The summed E-state index contributed by atoms with van der Waals surface area (Å²) in [6, 6.07) is 3.95. The molecule has 0 N–H and O–H groups in total. The predicted molar refractivity (Wildman–Crippen MR) is 73.2 cm³/mol. The van der Waals surface area contributed by atoms with Crippen molar-refractivity contribution in [3.8, 4) is 0 Å². The van der Waals surface area contributed by atoms with Gasteiger partial charge in [0.2, 0.25) is 5.91 Å². The highest BCUT2D eigenvalue weighted by atomic mass is 79.9. The van der Waals surface area contributed by atoms with Gasteiger partial charge in [0.25, 0.3) is 0 Å². The maximum absolute atomic E-state index is 13.5. The van der Waals surface area contributed by atoms with Gasteiger partial charge in [0.15, 0.2) is 11.6 Å². The molecule has 1 aliphatic heterocycles. The van der Waals surface area contributed by atoms with E-state index in [2.05, 4.69) is 15.9 Å². The Morgan fingerprint density at radius 3 is 2.95 bits per heavy atom. The molecule has 1 heterocycles. The number of likely N-dealkylation sites (tertiary alicyclic amines) is 1. The number of hydrogen-bond donors (Lipinski definition) is 0. The molecule has 0 radical (unpaired) electrons. The van der Waals surface area contributed by atoms with Crippen molar-refractivity contribution >= 4 is 21.8 Å². The van der Waals surface area contributed by atoms with Gasteiger partial charge >= 0.3 is 0 Å². The second-order valence-electron chi connectivity index (χ2n) is 4.86. The molecule has 0 aromatic heterocycles. The maximum atomic E-state index is 13.5. The zero-order valence-corrected chi connectivity index (χ0v) is 12.1. The number of hydrogen-bond acceptors (Lipinski definition) is 1. The molecule has 1 atom stereocenters. The van der Waals surface area contributed by atoms with Gasteiger partial charge in [-0.05, 0) is 24.8 Å². The fourth-order valence-electron chi connectivity index (χ4n) is 2.41. The highest BCUT2D eigenvalue weighted by molar-refractivity contribution is 9.09. The van der Waals surface area contributed by atoms with Crippen molar-refractivity contribution in [2.45, 2.75) is 19.3 Å². The van der Waals surface area contributed by atoms with E-state index in [4.69, 9.17) is 0 Å². The molecule has 2 rings (SSSR count). The van der Waals surface area contributed by atoms with E-state index >= 15 is 0 Å². The first-order chi connectivity index (χ1) is 9.11. The summed E-state index contributed by atoms with van der Waals surface area (Å²) in [5.41, 5.74) is 0.133. The largest absolute Gasteiger partial charge is 0.342 e. The van der Waals surface area contributed by atoms with Crippen LogP contribution >= 0.6 is 15.9 Å². The maximum Gasteiger partial charge on any atom is 0.227 e. The highest BCUT2D eigenvalue weighted by Crippen LogP contribution is 2.21. The highest BCUT2D eigenvalue weighted by Gasteiger charge is 2.26.